The summed E-state index contributed by atoms with van der Waals surface area (Å²) in [5.41, 5.74) is 10.6. The van der Waals surface area contributed by atoms with E-state index >= 15 is 0 Å². The molecule has 0 fully saturated rings. The Morgan fingerprint density at radius 1 is 1.07 bits per heavy atom. The van der Waals surface area contributed by atoms with Gasteiger partial charge in [0, 0.05) is 12.2 Å². The minimum atomic E-state index is 0. The number of para-hydroxylation sites is 1. The fraction of sp³-hybridized carbons (Fsp3) is 0.462. The van der Waals surface area contributed by atoms with Crippen LogP contribution in [0, 0.1) is 34.6 Å². The van der Waals surface area contributed by atoms with Crippen molar-refractivity contribution in [2.45, 2.75) is 60.3 Å². The van der Waals surface area contributed by atoms with E-state index in [1.54, 1.807) is 11.1 Å². The number of hydrogen-bond acceptors (Lipinski definition) is 1. The zero-order chi connectivity index (χ0) is 18.6. The molecule has 2 heteroatoms. The van der Waals surface area contributed by atoms with E-state index in [0.717, 1.165) is 25.9 Å². The Labute approximate surface area is 191 Å². The molecule has 154 valence electrons. The summed E-state index contributed by atoms with van der Waals surface area (Å²) in [6, 6.07) is 6.86. The van der Waals surface area contributed by atoms with Crippen LogP contribution in [0.15, 0.2) is 40.5 Å². The van der Waals surface area contributed by atoms with Gasteiger partial charge in [-0.3, -0.25) is 0 Å². The number of anilines is 1. The third-order valence-electron chi connectivity index (χ3n) is 5.85. The van der Waals surface area contributed by atoms with Crippen LogP contribution in [0.5, 0.6) is 0 Å². The Morgan fingerprint density at radius 3 is 2.18 bits per heavy atom. The monoisotopic (exact) mass is 415 g/mol. The third-order valence-corrected chi connectivity index (χ3v) is 5.85. The van der Waals surface area contributed by atoms with Crippen LogP contribution < -0.4 is 4.90 Å². The Hall–Kier alpha value is -0.786. The van der Waals surface area contributed by atoms with E-state index in [2.05, 4.69) is 64.6 Å². The largest absolute Gasteiger partial charge is 4.00 e. The molecule has 0 radical (unpaired) electrons. The van der Waals surface area contributed by atoms with Gasteiger partial charge in [0.2, 0.25) is 0 Å². The number of allylic oxidation sites excluding steroid dienone is 4. The maximum Gasteiger partial charge on any atom is 4.00 e. The first-order chi connectivity index (χ1) is 12.0. The number of fused-ring (bicyclic) bond motifs is 1. The predicted molar refractivity (Wildman–Crippen MR) is 125 cm³/mol. The molecule has 0 saturated carbocycles. The van der Waals surface area contributed by atoms with Crippen molar-refractivity contribution >= 4 is 5.69 Å². The summed E-state index contributed by atoms with van der Waals surface area (Å²) in [6.07, 6.45) is 4.55. The van der Waals surface area contributed by atoms with E-state index in [1.807, 2.05) is 6.92 Å². The molecule has 1 aromatic carbocycles. The Balaban J connectivity index is 0. The van der Waals surface area contributed by atoms with Gasteiger partial charge in [-0.1, -0.05) is 43.2 Å². The molecule has 1 nitrogen and oxygen atoms in total. The van der Waals surface area contributed by atoms with Crippen molar-refractivity contribution in [2.75, 3.05) is 18.0 Å². The Bertz CT molecular complexity index is 669. The van der Waals surface area contributed by atoms with E-state index in [1.165, 1.54) is 40.8 Å². The van der Waals surface area contributed by atoms with Crippen LogP contribution in [0.2, 0.25) is 0 Å². The molecule has 1 unspecified atom stereocenters. The fourth-order valence-corrected chi connectivity index (χ4v) is 4.13. The zero-order valence-corrected chi connectivity index (χ0v) is 21.0. The maximum absolute atomic E-state index is 4.14. The summed E-state index contributed by atoms with van der Waals surface area (Å²) < 4.78 is 0. The van der Waals surface area contributed by atoms with Crippen molar-refractivity contribution in [2.24, 2.45) is 5.92 Å². The van der Waals surface area contributed by atoms with Crippen molar-refractivity contribution in [1.82, 2.24) is 0 Å². The first-order valence-corrected chi connectivity index (χ1v) is 9.77. The van der Waals surface area contributed by atoms with Gasteiger partial charge < -0.3 is 33.6 Å². The fourth-order valence-electron chi connectivity index (χ4n) is 4.13. The Kier molecular flexibility index (Phi) is 14.1. The van der Waals surface area contributed by atoms with Gasteiger partial charge in [-0.2, -0.15) is 6.42 Å². The normalized spacial score (nSPS) is 17.7. The van der Waals surface area contributed by atoms with Crippen LogP contribution in [0.3, 0.4) is 0 Å². The predicted octanol–water partition coefficient (Wildman–Crippen LogP) is 7.25. The van der Waals surface area contributed by atoms with Crippen LogP contribution in [0.1, 0.15) is 58.6 Å². The number of rotatable bonds is 3. The number of nitrogens with zero attached hydrogens (tertiary/aromatic N) is 1. The maximum atomic E-state index is 4.14. The average molecular weight is 415 g/mol. The SMILES string of the molecule is [CH2-]CC.[CH2-]CN1CCCc2cccc(CC3=C(C)C(C)=C(C)C3C)c21.[CH3-].[CH3-].[Ti+4]. The molecule has 3 rings (SSSR count). The van der Waals surface area contributed by atoms with Crippen LogP contribution in [-0.2, 0) is 34.6 Å². The molecular formula is C26H41NTi. The standard InChI is InChI=1S/C21H28N.C3H7.2CH3.Ti/c1-6-22-12-8-11-18-9-7-10-19(21(18)22)13-20-16(4)14(2)15(3)17(20)5;1-3-2;;;/h7,9-10,16H,1,6,8,11-13H2,2-5H3;1,3H2,2H3;2*1H3;/q4*-1;+4. The number of hydrogen-bond donors (Lipinski definition) is 0. The van der Waals surface area contributed by atoms with Gasteiger partial charge in [-0.05, 0) is 68.2 Å². The van der Waals surface area contributed by atoms with Crippen LogP contribution in [-0.4, -0.2) is 13.1 Å². The average Bonchev–Trinajstić information content (AvgIpc) is 2.80. The molecule has 0 amide bonds. The van der Waals surface area contributed by atoms with E-state index in [4.69, 9.17) is 0 Å². The van der Waals surface area contributed by atoms with Crippen LogP contribution in [0.4, 0.5) is 5.69 Å². The second kappa shape index (κ2) is 13.4. The summed E-state index contributed by atoms with van der Waals surface area (Å²) >= 11 is 0. The molecule has 0 N–H and O–H groups in total. The van der Waals surface area contributed by atoms with Crippen molar-refractivity contribution in [3.63, 3.8) is 0 Å². The van der Waals surface area contributed by atoms with Gasteiger partial charge in [0.25, 0.3) is 0 Å². The molecule has 0 saturated heterocycles. The third kappa shape index (κ3) is 6.10. The van der Waals surface area contributed by atoms with Crippen molar-refractivity contribution in [3.05, 3.63) is 80.3 Å². The van der Waals surface area contributed by atoms with Gasteiger partial charge in [0.1, 0.15) is 0 Å². The molecule has 0 spiro atoms. The molecule has 1 aromatic rings. The Morgan fingerprint density at radius 2 is 1.68 bits per heavy atom. The smallest absolute Gasteiger partial charge is 0.401 e. The minimum Gasteiger partial charge on any atom is -0.401 e. The molecule has 1 aliphatic carbocycles. The van der Waals surface area contributed by atoms with Crippen molar-refractivity contribution < 1.29 is 21.7 Å². The summed E-state index contributed by atoms with van der Waals surface area (Å²) in [5.74, 6) is 0.590. The molecule has 1 aliphatic heterocycles. The van der Waals surface area contributed by atoms with Gasteiger partial charge in [-0.15, -0.1) is 6.54 Å². The molecule has 1 heterocycles. The van der Waals surface area contributed by atoms with E-state index < -0.39 is 0 Å². The second-order valence-corrected chi connectivity index (χ2v) is 7.37. The topological polar surface area (TPSA) is 3.24 Å². The summed E-state index contributed by atoms with van der Waals surface area (Å²) in [4.78, 5) is 2.47. The summed E-state index contributed by atoms with van der Waals surface area (Å²) in [5, 5.41) is 0. The van der Waals surface area contributed by atoms with Gasteiger partial charge in [0.15, 0.2) is 0 Å². The first-order valence-electron chi connectivity index (χ1n) is 9.77. The minimum absolute atomic E-state index is 0. The van der Waals surface area contributed by atoms with E-state index in [9.17, 15) is 0 Å². The van der Waals surface area contributed by atoms with E-state index in [0.29, 0.717) is 5.92 Å². The summed E-state index contributed by atoms with van der Waals surface area (Å²) in [7, 11) is 0. The van der Waals surface area contributed by atoms with Gasteiger partial charge in [-0.25, -0.2) is 0 Å². The molecule has 0 bridgehead atoms. The molecule has 1 atom stereocenters. The first kappa shape index (κ1) is 29.4. The van der Waals surface area contributed by atoms with Crippen LogP contribution in [0.25, 0.3) is 0 Å². The van der Waals surface area contributed by atoms with E-state index in [-0.39, 0.29) is 36.6 Å². The van der Waals surface area contributed by atoms with Crippen molar-refractivity contribution in [1.29, 1.82) is 0 Å². The molecule has 0 aromatic heterocycles. The van der Waals surface area contributed by atoms with Crippen LogP contribution >= 0.6 is 0 Å². The molecular weight excluding hydrogens is 374 g/mol. The van der Waals surface area contributed by atoms with Crippen molar-refractivity contribution in [3.8, 4) is 0 Å². The zero-order valence-electron chi connectivity index (χ0n) is 19.4. The number of aryl methyl sites for hydroxylation is 1. The molecule has 2 aliphatic rings. The molecule has 28 heavy (non-hydrogen) atoms. The van der Waals surface area contributed by atoms with Gasteiger partial charge in [0.05, 0.1) is 0 Å². The quantitative estimate of drug-likeness (QED) is 0.371. The second-order valence-electron chi connectivity index (χ2n) is 7.37. The summed E-state index contributed by atoms with van der Waals surface area (Å²) in [6.45, 7) is 20.9. The van der Waals surface area contributed by atoms with Gasteiger partial charge >= 0.3 is 21.7 Å². The number of benzene rings is 1.